The van der Waals surface area contributed by atoms with Gasteiger partial charge in [-0.3, -0.25) is 9.89 Å². The highest BCUT2D eigenvalue weighted by atomic mass is 32.2. The molecule has 2 aromatic rings. The molecule has 26 heavy (non-hydrogen) atoms. The Balaban J connectivity index is 1.84. The quantitative estimate of drug-likeness (QED) is 0.710. The Kier molecular flexibility index (Phi) is 6.87. The summed E-state index contributed by atoms with van der Waals surface area (Å²) in [6.45, 7) is 12.7. The fourth-order valence-corrected chi connectivity index (χ4v) is 3.17. The number of benzene rings is 1. The number of amides is 1. The molecule has 5 nitrogen and oxygen atoms in total. The molecule has 0 unspecified atom stereocenters. The summed E-state index contributed by atoms with van der Waals surface area (Å²) in [5.41, 5.74) is 2.37. The monoisotopic (exact) mass is 374 g/mol. The minimum Gasteiger partial charge on any atom is -0.349 e. The summed E-state index contributed by atoms with van der Waals surface area (Å²) in [4.78, 5) is 16.7. The van der Waals surface area contributed by atoms with Crippen molar-refractivity contribution in [1.82, 2.24) is 20.5 Å². The van der Waals surface area contributed by atoms with Crippen LogP contribution in [0, 0.1) is 5.92 Å². The summed E-state index contributed by atoms with van der Waals surface area (Å²) < 4.78 is 0. The van der Waals surface area contributed by atoms with Gasteiger partial charge in [-0.05, 0) is 30.4 Å². The Morgan fingerprint density at radius 3 is 2.38 bits per heavy atom. The number of aromatic amines is 1. The first-order valence-electron chi connectivity index (χ1n) is 9.09. The molecule has 6 heteroatoms. The van der Waals surface area contributed by atoms with E-state index in [0.29, 0.717) is 16.8 Å². The number of carbonyl (C=O) groups is 1. The van der Waals surface area contributed by atoms with Crippen LogP contribution in [0.2, 0.25) is 0 Å². The van der Waals surface area contributed by atoms with Crippen molar-refractivity contribution in [2.75, 3.05) is 5.75 Å². The molecule has 1 amide bonds. The highest BCUT2D eigenvalue weighted by Gasteiger charge is 2.19. The average Bonchev–Trinajstić information content (AvgIpc) is 3.02. The third-order valence-corrected chi connectivity index (χ3v) is 4.86. The van der Waals surface area contributed by atoms with Crippen LogP contribution in [0.3, 0.4) is 0 Å². The lowest BCUT2D eigenvalue weighted by Gasteiger charge is -2.15. The molecule has 1 aromatic carbocycles. The van der Waals surface area contributed by atoms with Crippen molar-refractivity contribution < 1.29 is 4.79 Å². The van der Waals surface area contributed by atoms with Gasteiger partial charge in [0, 0.05) is 5.41 Å². The third kappa shape index (κ3) is 6.16. The van der Waals surface area contributed by atoms with E-state index in [4.69, 9.17) is 0 Å². The Morgan fingerprint density at radius 1 is 1.19 bits per heavy atom. The smallest absolute Gasteiger partial charge is 0.230 e. The topological polar surface area (TPSA) is 70.7 Å². The van der Waals surface area contributed by atoms with E-state index in [1.807, 2.05) is 6.92 Å². The van der Waals surface area contributed by atoms with Gasteiger partial charge in [0.2, 0.25) is 11.1 Å². The van der Waals surface area contributed by atoms with Gasteiger partial charge in [-0.15, -0.1) is 5.10 Å². The number of carbonyl (C=O) groups excluding carboxylic acids is 1. The highest BCUT2D eigenvalue weighted by Crippen LogP contribution is 2.21. The predicted octanol–water partition coefficient (Wildman–Crippen LogP) is 4.27. The van der Waals surface area contributed by atoms with Gasteiger partial charge in [0.25, 0.3) is 0 Å². The van der Waals surface area contributed by atoms with E-state index in [0.717, 1.165) is 17.8 Å². The summed E-state index contributed by atoms with van der Waals surface area (Å²) in [6, 6.07) is 8.47. The first-order valence-corrected chi connectivity index (χ1v) is 10.1. The molecular formula is C20H30N4OS. The van der Waals surface area contributed by atoms with E-state index in [2.05, 4.69) is 79.4 Å². The maximum Gasteiger partial charge on any atom is 0.230 e. The van der Waals surface area contributed by atoms with Gasteiger partial charge >= 0.3 is 0 Å². The summed E-state index contributed by atoms with van der Waals surface area (Å²) in [5.74, 6) is 1.76. The van der Waals surface area contributed by atoms with Crippen LogP contribution in [0.4, 0.5) is 0 Å². The maximum absolute atomic E-state index is 12.2. The van der Waals surface area contributed by atoms with Crippen LogP contribution >= 0.6 is 11.8 Å². The van der Waals surface area contributed by atoms with Crippen molar-refractivity contribution in [3.05, 3.63) is 41.2 Å². The zero-order valence-electron chi connectivity index (χ0n) is 16.6. The Bertz CT molecular complexity index is 716. The van der Waals surface area contributed by atoms with E-state index >= 15 is 0 Å². The first-order chi connectivity index (χ1) is 12.1. The second-order valence-electron chi connectivity index (χ2n) is 8.13. The molecule has 0 radical (unpaired) electrons. The molecule has 1 atom stereocenters. The molecule has 0 aliphatic carbocycles. The molecule has 0 aliphatic heterocycles. The second-order valence-corrected chi connectivity index (χ2v) is 9.08. The minimum absolute atomic E-state index is 0.0177. The van der Waals surface area contributed by atoms with Crippen molar-refractivity contribution >= 4 is 17.7 Å². The van der Waals surface area contributed by atoms with Crippen LogP contribution in [0.5, 0.6) is 0 Å². The number of rotatable bonds is 7. The Hall–Kier alpha value is -1.82. The van der Waals surface area contributed by atoms with Crippen molar-refractivity contribution in [2.45, 2.75) is 64.6 Å². The molecule has 2 rings (SSSR count). The van der Waals surface area contributed by atoms with Crippen molar-refractivity contribution in [3.63, 3.8) is 0 Å². The predicted molar refractivity (Wildman–Crippen MR) is 107 cm³/mol. The zero-order valence-corrected chi connectivity index (χ0v) is 17.4. The van der Waals surface area contributed by atoms with Crippen LogP contribution in [0.15, 0.2) is 29.4 Å². The highest BCUT2D eigenvalue weighted by molar-refractivity contribution is 7.99. The van der Waals surface area contributed by atoms with Crippen LogP contribution in [0.25, 0.3) is 0 Å². The molecule has 0 saturated carbocycles. The molecule has 0 fully saturated rings. The molecule has 1 heterocycles. The van der Waals surface area contributed by atoms with Gasteiger partial charge in [-0.1, -0.05) is 70.6 Å². The lowest BCUT2D eigenvalue weighted by atomic mass is 9.96. The standard InChI is InChI=1S/C20H30N4OS/c1-13(2)11-15-7-9-16(10-8-15)14(3)21-17(25)12-26-19-22-18(23-24-19)20(4,5)6/h7-10,13-14H,11-12H2,1-6H3,(H,21,25)(H,22,23,24)/t14-/m1/s1. The molecule has 142 valence electrons. The van der Waals surface area contributed by atoms with E-state index < -0.39 is 0 Å². The lowest BCUT2D eigenvalue weighted by molar-refractivity contribution is -0.119. The SMILES string of the molecule is CC(C)Cc1ccc([C@@H](C)NC(=O)CSc2n[nH]c(C(C)(C)C)n2)cc1. The number of H-pyrrole nitrogens is 1. The molecule has 0 spiro atoms. The summed E-state index contributed by atoms with van der Waals surface area (Å²) >= 11 is 1.35. The van der Waals surface area contributed by atoms with Crippen LogP contribution in [0.1, 0.15) is 64.5 Å². The average molecular weight is 375 g/mol. The van der Waals surface area contributed by atoms with Crippen molar-refractivity contribution in [2.24, 2.45) is 5.92 Å². The normalized spacial score (nSPS) is 13.0. The summed E-state index contributed by atoms with van der Waals surface area (Å²) in [6.07, 6.45) is 1.07. The van der Waals surface area contributed by atoms with Crippen LogP contribution < -0.4 is 5.32 Å². The third-order valence-electron chi connectivity index (χ3n) is 4.01. The van der Waals surface area contributed by atoms with Gasteiger partial charge in [0.15, 0.2) is 0 Å². The molecule has 1 aromatic heterocycles. The zero-order chi connectivity index (χ0) is 19.3. The fourth-order valence-electron chi connectivity index (χ4n) is 2.56. The molecule has 2 N–H and O–H groups in total. The molecular weight excluding hydrogens is 344 g/mol. The van der Waals surface area contributed by atoms with Crippen molar-refractivity contribution in [1.29, 1.82) is 0 Å². The maximum atomic E-state index is 12.2. The van der Waals surface area contributed by atoms with Gasteiger partial charge in [0.1, 0.15) is 5.82 Å². The summed E-state index contributed by atoms with van der Waals surface area (Å²) in [7, 11) is 0. The Labute approximate surface area is 160 Å². The van der Waals surface area contributed by atoms with E-state index in [9.17, 15) is 4.79 Å². The van der Waals surface area contributed by atoms with Gasteiger partial charge in [0.05, 0.1) is 11.8 Å². The lowest BCUT2D eigenvalue weighted by Crippen LogP contribution is -2.28. The molecule has 0 bridgehead atoms. The Morgan fingerprint density at radius 2 is 1.85 bits per heavy atom. The number of aromatic nitrogens is 3. The van der Waals surface area contributed by atoms with E-state index in [1.165, 1.54) is 17.3 Å². The van der Waals surface area contributed by atoms with Gasteiger partial charge in [-0.2, -0.15) is 0 Å². The number of nitrogens with one attached hydrogen (secondary N) is 2. The largest absolute Gasteiger partial charge is 0.349 e. The van der Waals surface area contributed by atoms with E-state index in [-0.39, 0.29) is 17.4 Å². The fraction of sp³-hybridized carbons (Fsp3) is 0.550. The second kappa shape index (κ2) is 8.71. The van der Waals surface area contributed by atoms with Gasteiger partial charge in [-0.25, -0.2) is 4.98 Å². The van der Waals surface area contributed by atoms with Crippen molar-refractivity contribution in [3.8, 4) is 0 Å². The van der Waals surface area contributed by atoms with Crippen LogP contribution in [-0.4, -0.2) is 26.8 Å². The number of hydrogen-bond acceptors (Lipinski definition) is 4. The van der Waals surface area contributed by atoms with Gasteiger partial charge < -0.3 is 5.32 Å². The first kappa shape index (κ1) is 20.5. The summed E-state index contributed by atoms with van der Waals surface area (Å²) in [5, 5.41) is 10.8. The number of thioether (sulfide) groups is 1. The molecule has 0 aliphatic rings. The number of hydrogen-bond donors (Lipinski definition) is 2. The minimum atomic E-state index is -0.0791. The van der Waals surface area contributed by atoms with E-state index in [1.54, 1.807) is 0 Å². The van der Waals surface area contributed by atoms with Crippen LogP contribution in [-0.2, 0) is 16.6 Å². The number of nitrogens with zero attached hydrogens (tertiary/aromatic N) is 2. The molecule has 0 saturated heterocycles.